The molecule has 1 unspecified atom stereocenters. The summed E-state index contributed by atoms with van der Waals surface area (Å²) in [7, 11) is 0. The largest absolute Gasteiger partial charge is 0.489 e. The van der Waals surface area contributed by atoms with Crippen LogP contribution in [0.3, 0.4) is 0 Å². The van der Waals surface area contributed by atoms with E-state index in [-0.39, 0.29) is 0 Å². The van der Waals surface area contributed by atoms with Gasteiger partial charge >= 0.3 is 0 Å². The Bertz CT molecular complexity index is 374. The summed E-state index contributed by atoms with van der Waals surface area (Å²) in [6, 6.07) is 6.55. The SMILES string of the molecule is c1cc2c(cc1OC1CCCNC1)CCS2. The molecule has 2 aliphatic heterocycles. The molecule has 1 atom stereocenters. The van der Waals surface area contributed by atoms with Gasteiger partial charge in [-0.1, -0.05) is 0 Å². The first-order valence-corrected chi connectivity index (χ1v) is 7.03. The van der Waals surface area contributed by atoms with Gasteiger partial charge in [-0.05, 0) is 49.6 Å². The third-order valence-corrected chi connectivity index (χ3v) is 4.33. The van der Waals surface area contributed by atoms with Gasteiger partial charge in [0.15, 0.2) is 0 Å². The van der Waals surface area contributed by atoms with Crippen molar-refractivity contribution in [1.82, 2.24) is 5.32 Å². The minimum absolute atomic E-state index is 0.362. The molecule has 1 saturated heterocycles. The number of hydrogen-bond acceptors (Lipinski definition) is 3. The molecule has 1 aromatic carbocycles. The van der Waals surface area contributed by atoms with Crippen molar-refractivity contribution < 1.29 is 4.74 Å². The topological polar surface area (TPSA) is 21.3 Å². The maximum atomic E-state index is 6.01. The lowest BCUT2D eigenvalue weighted by atomic mass is 10.1. The summed E-state index contributed by atoms with van der Waals surface area (Å²) in [5, 5.41) is 3.38. The van der Waals surface area contributed by atoms with E-state index in [0.29, 0.717) is 6.10 Å². The van der Waals surface area contributed by atoms with Gasteiger partial charge in [0.25, 0.3) is 0 Å². The fraction of sp³-hybridized carbons (Fsp3) is 0.538. The van der Waals surface area contributed by atoms with Gasteiger partial charge in [-0.25, -0.2) is 0 Å². The average molecular weight is 235 g/mol. The molecular weight excluding hydrogens is 218 g/mol. The van der Waals surface area contributed by atoms with Crippen molar-refractivity contribution in [2.24, 2.45) is 0 Å². The second-order valence-electron chi connectivity index (χ2n) is 4.45. The summed E-state index contributed by atoms with van der Waals surface area (Å²) < 4.78 is 6.01. The van der Waals surface area contributed by atoms with Crippen LogP contribution in [0.15, 0.2) is 23.1 Å². The van der Waals surface area contributed by atoms with Crippen molar-refractivity contribution in [3.63, 3.8) is 0 Å². The third-order valence-electron chi connectivity index (χ3n) is 3.22. The summed E-state index contributed by atoms with van der Waals surface area (Å²) in [6.07, 6.45) is 3.96. The number of piperidine rings is 1. The number of nitrogens with one attached hydrogen (secondary N) is 1. The standard InChI is InChI=1S/C13H17NOS/c1-2-12(9-14-6-1)15-11-3-4-13-10(8-11)5-7-16-13/h3-4,8,12,14H,1-2,5-7,9H2. The summed E-state index contributed by atoms with van der Waals surface area (Å²) in [4.78, 5) is 1.44. The Morgan fingerprint density at radius 2 is 2.38 bits per heavy atom. The van der Waals surface area contributed by atoms with E-state index in [4.69, 9.17) is 4.74 Å². The number of thioether (sulfide) groups is 1. The molecule has 0 saturated carbocycles. The van der Waals surface area contributed by atoms with Crippen molar-refractivity contribution in [3.8, 4) is 5.75 Å². The van der Waals surface area contributed by atoms with Crippen molar-refractivity contribution in [3.05, 3.63) is 23.8 Å². The molecule has 0 amide bonds. The molecule has 0 aromatic heterocycles. The highest BCUT2D eigenvalue weighted by molar-refractivity contribution is 7.99. The van der Waals surface area contributed by atoms with Gasteiger partial charge in [0, 0.05) is 17.2 Å². The van der Waals surface area contributed by atoms with Crippen LogP contribution in [0.25, 0.3) is 0 Å². The third kappa shape index (κ3) is 2.20. The lowest BCUT2D eigenvalue weighted by Gasteiger charge is -2.24. The summed E-state index contributed by atoms with van der Waals surface area (Å²) in [5.74, 6) is 2.28. The van der Waals surface area contributed by atoms with E-state index < -0.39 is 0 Å². The van der Waals surface area contributed by atoms with Crippen molar-refractivity contribution in [2.75, 3.05) is 18.8 Å². The van der Waals surface area contributed by atoms with E-state index in [1.54, 1.807) is 0 Å². The highest BCUT2D eigenvalue weighted by Crippen LogP contribution is 2.33. The van der Waals surface area contributed by atoms with Crippen LogP contribution in [0.4, 0.5) is 0 Å². The number of ether oxygens (including phenoxy) is 1. The lowest BCUT2D eigenvalue weighted by molar-refractivity contribution is 0.167. The van der Waals surface area contributed by atoms with Gasteiger partial charge < -0.3 is 10.1 Å². The van der Waals surface area contributed by atoms with Crippen LogP contribution in [-0.4, -0.2) is 24.9 Å². The monoisotopic (exact) mass is 235 g/mol. The smallest absolute Gasteiger partial charge is 0.120 e. The molecule has 0 spiro atoms. The Labute approximate surface area is 101 Å². The Hall–Kier alpha value is -0.670. The zero-order valence-electron chi connectivity index (χ0n) is 9.37. The van der Waals surface area contributed by atoms with E-state index in [1.165, 1.54) is 35.5 Å². The van der Waals surface area contributed by atoms with Crippen molar-refractivity contribution >= 4 is 11.8 Å². The average Bonchev–Trinajstić information content (AvgIpc) is 2.77. The maximum absolute atomic E-state index is 6.01. The van der Waals surface area contributed by atoms with Crippen LogP contribution in [-0.2, 0) is 6.42 Å². The van der Waals surface area contributed by atoms with Crippen LogP contribution >= 0.6 is 11.8 Å². The first-order chi connectivity index (χ1) is 7.92. The van der Waals surface area contributed by atoms with Crippen LogP contribution in [0.1, 0.15) is 18.4 Å². The Balaban J connectivity index is 1.69. The Morgan fingerprint density at radius 1 is 1.38 bits per heavy atom. The summed E-state index contributed by atoms with van der Waals surface area (Å²) >= 11 is 1.95. The predicted octanol–water partition coefficient (Wildman–Crippen LogP) is 2.47. The number of hydrogen-bond donors (Lipinski definition) is 1. The van der Waals surface area contributed by atoms with Gasteiger partial charge in [-0.2, -0.15) is 0 Å². The molecule has 0 aliphatic carbocycles. The van der Waals surface area contributed by atoms with E-state index in [2.05, 4.69) is 23.5 Å². The number of rotatable bonds is 2. The summed E-state index contributed by atoms with van der Waals surface area (Å²) in [6.45, 7) is 2.13. The van der Waals surface area contributed by atoms with Crippen LogP contribution in [0, 0.1) is 0 Å². The first kappa shape index (κ1) is 10.5. The van der Waals surface area contributed by atoms with Gasteiger partial charge in [0.2, 0.25) is 0 Å². The fourth-order valence-corrected chi connectivity index (χ4v) is 3.40. The van der Waals surface area contributed by atoms with Gasteiger partial charge in [0.05, 0.1) is 0 Å². The highest BCUT2D eigenvalue weighted by Gasteiger charge is 2.16. The maximum Gasteiger partial charge on any atom is 0.120 e. The molecule has 0 bridgehead atoms. The lowest BCUT2D eigenvalue weighted by Crippen LogP contribution is -2.37. The molecule has 3 heteroatoms. The molecule has 1 aromatic rings. The minimum atomic E-state index is 0.362. The normalized spacial score (nSPS) is 24.1. The second-order valence-corrected chi connectivity index (χ2v) is 5.59. The molecule has 0 radical (unpaired) electrons. The zero-order chi connectivity index (χ0) is 10.8. The molecule has 1 N–H and O–H groups in total. The Kier molecular flexibility index (Phi) is 3.06. The van der Waals surface area contributed by atoms with E-state index >= 15 is 0 Å². The van der Waals surface area contributed by atoms with Crippen LogP contribution in [0.2, 0.25) is 0 Å². The minimum Gasteiger partial charge on any atom is -0.489 e. The quantitative estimate of drug-likeness (QED) is 0.851. The highest BCUT2D eigenvalue weighted by atomic mass is 32.2. The fourth-order valence-electron chi connectivity index (χ4n) is 2.35. The zero-order valence-corrected chi connectivity index (χ0v) is 10.2. The molecule has 86 valence electrons. The number of benzene rings is 1. The van der Waals surface area contributed by atoms with E-state index in [0.717, 1.165) is 18.8 Å². The van der Waals surface area contributed by atoms with Crippen LogP contribution in [0.5, 0.6) is 5.75 Å². The van der Waals surface area contributed by atoms with E-state index in [9.17, 15) is 0 Å². The second kappa shape index (κ2) is 4.68. The molecule has 2 nitrogen and oxygen atoms in total. The number of aryl methyl sites for hydroxylation is 1. The van der Waals surface area contributed by atoms with Crippen molar-refractivity contribution in [2.45, 2.75) is 30.3 Å². The van der Waals surface area contributed by atoms with Gasteiger partial charge in [0.1, 0.15) is 11.9 Å². The van der Waals surface area contributed by atoms with Crippen LogP contribution < -0.4 is 10.1 Å². The molecule has 2 heterocycles. The molecular formula is C13H17NOS. The first-order valence-electron chi connectivity index (χ1n) is 6.05. The van der Waals surface area contributed by atoms with Gasteiger partial charge in [-0.15, -0.1) is 11.8 Å². The van der Waals surface area contributed by atoms with Gasteiger partial charge in [-0.3, -0.25) is 0 Å². The molecule has 16 heavy (non-hydrogen) atoms. The van der Waals surface area contributed by atoms with E-state index in [1.807, 2.05) is 11.8 Å². The van der Waals surface area contributed by atoms with Crippen molar-refractivity contribution in [1.29, 1.82) is 0 Å². The Morgan fingerprint density at radius 3 is 3.25 bits per heavy atom. The molecule has 2 aliphatic rings. The predicted molar refractivity (Wildman–Crippen MR) is 67.4 cm³/mol. The molecule has 1 fully saturated rings. The number of fused-ring (bicyclic) bond motifs is 1. The summed E-state index contributed by atoms with van der Waals surface area (Å²) in [5.41, 5.74) is 1.46. The molecule has 3 rings (SSSR count).